The lowest BCUT2D eigenvalue weighted by Gasteiger charge is -2.53. The Morgan fingerprint density at radius 2 is 1.59 bits per heavy atom. The maximum atomic E-state index is 2.58. The number of hydrogen-bond acceptors (Lipinski definition) is 0. The first-order valence-electron chi connectivity index (χ1n) is 13.7. The summed E-state index contributed by atoms with van der Waals surface area (Å²) in [6.45, 7) is 24.0. The second-order valence-electron chi connectivity index (χ2n) is 12.5. The smallest absolute Gasteiger partial charge is 0.0222 e. The van der Waals surface area contributed by atoms with Gasteiger partial charge in [0.1, 0.15) is 0 Å². The zero-order valence-corrected chi connectivity index (χ0v) is 23.5. The molecule has 0 amide bonds. The minimum absolute atomic E-state index is 0.0571. The highest BCUT2D eigenvalue weighted by atomic mass is 14.5. The summed E-state index contributed by atoms with van der Waals surface area (Å²) in [4.78, 5) is 0. The van der Waals surface area contributed by atoms with Gasteiger partial charge in [-0.1, -0.05) is 105 Å². The molecule has 0 aliphatic heterocycles. The Kier molecular flexibility index (Phi) is 6.29. The van der Waals surface area contributed by atoms with E-state index in [9.17, 15) is 0 Å². The molecule has 0 saturated heterocycles. The summed E-state index contributed by atoms with van der Waals surface area (Å²) in [6, 6.07) is 5.00. The van der Waals surface area contributed by atoms with Crippen LogP contribution in [0, 0.1) is 10.8 Å². The summed E-state index contributed by atoms with van der Waals surface area (Å²) in [7, 11) is 0. The van der Waals surface area contributed by atoms with Crippen molar-refractivity contribution in [3.63, 3.8) is 0 Å². The Bertz CT molecular complexity index is 1250. The molecular weight excluding hydrogens is 408 g/mol. The van der Waals surface area contributed by atoms with Gasteiger partial charge in [0.2, 0.25) is 0 Å². The van der Waals surface area contributed by atoms with E-state index < -0.39 is 0 Å². The summed E-state index contributed by atoms with van der Waals surface area (Å²) in [5.74, 6) is 0. The number of rotatable bonds is 5. The van der Waals surface area contributed by atoms with Gasteiger partial charge in [-0.3, -0.25) is 0 Å². The molecule has 0 N–H and O–H groups in total. The van der Waals surface area contributed by atoms with E-state index in [0.29, 0.717) is 0 Å². The lowest BCUT2D eigenvalue weighted by atomic mass is 9.51. The molecule has 1 unspecified atom stereocenters. The third kappa shape index (κ3) is 3.47. The number of hydrogen-bond donors (Lipinski definition) is 0. The molecule has 1 aromatic rings. The Morgan fingerprint density at radius 1 is 0.882 bits per heavy atom. The van der Waals surface area contributed by atoms with Crippen molar-refractivity contribution in [2.24, 2.45) is 10.8 Å². The molecule has 0 aromatic heterocycles. The van der Waals surface area contributed by atoms with Gasteiger partial charge in [-0.15, -0.1) is 0 Å². The highest BCUT2D eigenvalue weighted by molar-refractivity contribution is 5.96. The summed E-state index contributed by atoms with van der Waals surface area (Å²) in [5, 5.41) is 2.97. The van der Waals surface area contributed by atoms with Crippen LogP contribution in [-0.4, -0.2) is 0 Å². The van der Waals surface area contributed by atoms with Crippen LogP contribution in [0.15, 0.2) is 58.2 Å². The Hall–Kier alpha value is -2.08. The first-order valence-corrected chi connectivity index (χ1v) is 13.7. The largest absolute Gasteiger partial charge is 0.0801 e. The zero-order valence-electron chi connectivity index (χ0n) is 23.5. The van der Waals surface area contributed by atoms with Crippen LogP contribution in [0.25, 0.3) is 11.6 Å². The molecule has 4 rings (SSSR count). The number of aryl methyl sites for hydroxylation is 1. The van der Waals surface area contributed by atoms with Crippen LogP contribution in [0.1, 0.15) is 106 Å². The van der Waals surface area contributed by atoms with Gasteiger partial charge in [0.05, 0.1) is 0 Å². The van der Waals surface area contributed by atoms with E-state index in [2.05, 4.69) is 106 Å². The minimum atomic E-state index is 0.0571. The van der Waals surface area contributed by atoms with Crippen molar-refractivity contribution in [3.8, 4) is 0 Å². The molecule has 0 fully saturated rings. The quantitative estimate of drug-likeness (QED) is 0.420. The first-order chi connectivity index (χ1) is 16.0. The van der Waals surface area contributed by atoms with E-state index in [1.807, 2.05) is 0 Å². The van der Waals surface area contributed by atoms with Gasteiger partial charge >= 0.3 is 0 Å². The Balaban J connectivity index is 2.26. The number of allylic oxidation sites excluding steroid dienone is 8. The van der Waals surface area contributed by atoms with Gasteiger partial charge in [0.25, 0.3) is 0 Å². The molecule has 34 heavy (non-hydrogen) atoms. The van der Waals surface area contributed by atoms with Crippen molar-refractivity contribution in [3.05, 3.63) is 79.8 Å². The van der Waals surface area contributed by atoms with Crippen LogP contribution in [0.3, 0.4) is 0 Å². The fourth-order valence-corrected chi connectivity index (χ4v) is 7.25. The van der Waals surface area contributed by atoms with Gasteiger partial charge in [0.15, 0.2) is 0 Å². The second kappa shape index (κ2) is 8.54. The van der Waals surface area contributed by atoms with Crippen LogP contribution in [0.2, 0.25) is 0 Å². The molecule has 0 spiro atoms. The standard InChI is InChI=1S/C34H46/c1-11-22-19-25(32(5,6)7)20-24-21-27-30(29(22)24)26(12-2)28(13-3)34(14-4,33(8,9)10)31(27)23-17-15-16-18-23/h15-17,19-21H,11-14,18H2,1-10H3. The maximum Gasteiger partial charge on any atom is 0.0222 e. The molecule has 0 bridgehead atoms. The molecule has 0 heterocycles. The Morgan fingerprint density at radius 3 is 2.06 bits per heavy atom. The predicted octanol–water partition coefficient (Wildman–Crippen LogP) is 8.25. The number of benzene rings is 1. The molecule has 0 nitrogen and oxygen atoms in total. The molecule has 1 aromatic carbocycles. The summed E-state index contributed by atoms with van der Waals surface area (Å²) in [6.07, 6.45) is 15.1. The molecule has 0 saturated carbocycles. The van der Waals surface area contributed by atoms with E-state index >= 15 is 0 Å². The van der Waals surface area contributed by atoms with Crippen LogP contribution < -0.4 is 10.4 Å². The lowest BCUT2D eigenvalue weighted by Crippen LogP contribution is -2.43. The molecule has 3 aliphatic carbocycles. The third-order valence-corrected chi connectivity index (χ3v) is 8.80. The fourth-order valence-electron chi connectivity index (χ4n) is 7.25. The average Bonchev–Trinajstić information content (AvgIpc) is 3.42. The highest BCUT2D eigenvalue weighted by Crippen LogP contribution is 2.62. The summed E-state index contributed by atoms with van der Waals surface area (Å²) in [5.41, 5.74) is 12.9. The lowest BCUT2D eigenvalue weighted by molar-refractivity contribution is 0.163. The van der Waals surface area contributed by atoms with Crippen LogP contribution in [0.4, 0.5) is 0 Å². The monoisotopic (exact) mass is 454 g/mol. The molecule has 182 valence electrons. The molecular formula is C34H46. The van der Waals surface area contributed by atoms with Crippen molar-refractivity contribution >= 4 is 11.6 Å². The summed E-state index contributed by atoms with van der Waals surface area (Å²) >= 11 is 0. The first kappa shape index (κ1) is 25.0. The number of fused-ring (bicyclic) bond motifs is 2. The van der Waals surface area contributed by atoms with Gasteiger partial charge < -0.3 is 0 Å². The van der Waals surface area contributed by atoms with E-state index in [-0.39, 0.29) is 16.2 Å². The van der Waals surface area contributed by atoms with Crippen LogP contribution in [0.5, 0.6) is 0 Å². The summed E-state index contributed by atoms with van der Waals surface area (Å²) < 4.78 is 0. The topological polar surface area (TPSA) is 0 Å². The van der Waals surface area contributed by atoms with E-state index in [0.717, 1.165) is 32.1 Å². The van der Waals surface area contributed by atoms with Crippen molar-refractivity contribution in [2.45, 2.75) is 107 Å². The Labute approximate surface area is 208 Å². The van der Waals surface area contributed by atoms with Crippen molar-refractivity contribution in [2.75, 3.05) is 0 Å². The molecule has 1 atom stereocenters. The van der Waals surface area contributed by atoms with Crippen LogP contribution in [-0.2, 0) is 11.8 Å². The second-order valence-corrected chi connectivity index (χ2v) is 12.5. The SMILES string of the molecule is CCC1=C(CC)C(CC)(C(C)(C)C)C(C2=CC=CC2)=C2C=c3cc(C(C)(C)C)cc(CC)c3=C21. The van der Waals surface area contributed by atoms with E-state index in [1.54, 1.807) is 22.3 Å². The van der Waals surface area contributed by atoms with Gasteiger partial charge in [-0.25, -0.2) is 0 Å². The molecule has 0 heteroatoms. The van der Waals surface area contributed by atoms with Crippen molar-refractivity contribution in [1.29, 1.82) is 0 Å². The van der Waals surface area contributed by atoms with Crippen molar-refractivity contribution in [1.82, 2.24) is 0 Å². The van der Waals surface area contributed by atoms with Gasteiger partial charge in [-0.05, 0) is 98.4 Å². The third-order valence-electron chi connectivity index (χ3n) is 8.80. The zero-order chi connectivity index (χ0) is 25.1. The maximum absolute atomic E-state index is 2.58. The van der Waals surface area contributed by atoms with Crippen molar-refractivity contribution < 1.29 is 0 Å². The average molecular weight is 455 g/mol. The van der Waals surface area contributed by atoms with Gasteiger partial charge in [0, 0.05) is 5.41 Å². The van der Waals surface area contributed by atoms with Crippen LogP contribution >= 0.6 is 0 Å². The fraction of sp³-hybridized carbons (Fsp3) is 0.529. The molecule has 3 aliphatic rings. The molecule has 0 radical (unpaired) electrons. The van der Waals surface area contributed by atoms with Gasteiger partial charge in [-0.2, -0.15) is 0 Å². The van der Waals surface area contributed by atoms with E-state index in [4.69, 9.17) is 0 Å². The normalized spacial score (nSPS) is 22.3. The minimum Gasteiger partial charge on any atom is -0.0801 e. The highest BCUT2D eigenvalue weighted by Gasteiger charge is 2.51. The van der Waals surface area contributed by atoms with E-state index in [1.165, 1.54) is 32.7 Å². The predicted molar refractivity (Wildman–Crippen MR) is 150 cm³/mol.